The highest BCUT2D eigenvalue weighted by molar-refractivity contribution is 5.75. The standard InChI is InChI=1S/C18H17N3.CH4.B/c1-12-4-6-19-15(8-12)17-10-14(3)11-18(21-17)16-9-13(2)5-7-20-16;;/h4-11H,1-3H3;1H4;. The summed E-state index contributed by atoms with van der Waals surface area (Å²) >= 11 is 0. The molecule has 0 saturated carbocycles. The van der Waals surface area contributed by atoms with E-state index in [2.05, 4.69) is 55.0 Å². The Morgan fingerprint density at radius 1 is 0.609 bits per heavy atom. The molecule has 0 amide bonds. The Kier molecular flexibility index (Phi) is 6.20. The maximum atomic E-state index is 4.73. The van der Waals surface area contributed by atoms with E-state index >= 15 is 0 Å². The van der Waals surface area contributed by atoms with Gasteiger partial charge in [0, 0.05) is 20.8 Å². The Labute approximate surface area is 140 Å². The van der Waals surface area contributed by atoms with Crippen molar-refractivity contribution >= 4 is 8.41 Å². The van der Waals surface area contributed by atoms with E-state index in [1.165, 1.54) is 11.1 Å². The van der Waals surface area contributed by atoms with E-state index in [4.69, 9.17) is 4.98 Å². The van der Waals surface area contributed by atoms with Crippen molar-refractivity contribution in [2.24, 2.45) is 0 Å². The SMILES string of the molecule is C.Cc1ccnc(-c2cc(C)cc(-c3cc(C)ccn3)n2)c1.[B]. The second-order valence-electron chi connectivity index (χ2n) is 5.35. The maximum absolute atomic E-state index is 4.73. The molecule has 0 fully saturated rings. The molecule has 23 heavy (non-hydrogen) atoms. The van der Waals surface area contributed by atoms with E-state index in [9.17, 15) is 0 Å². The molecule has 3 nitrogen and oxygen atoms in total. The summed E-state index contributed by atoms with van der Waals surface area (Å²) in [7, 11) is 0. The zero-order chi connectivity index (χ0) is 14.8. The smallest absolute Gasteiger partial charge is 0.0897 e. The highest BCUT2D eigenvalue weighted by Crippen LogP contribution is 2.23. The normalized spacial score (nSPS) is 9.70. The molecule has 3 aromatic rings. The maximum Gasteiger partial charge on any atom is 0.0897 e. The Morgan fingerprint density at radius 3 is 1.39 bits per heavy atom. The lowest BCUT2D eigenvalue weighted by Crippen LogP contribution is -1.94. The van der Waals surface area contributed by atoms with Gasteiger partial charge in [-0.15, -0.1) is 0 Å². The lowest BCUT2D eigenvalue weighted by Gasteiger charge is -2.07. The van der Waals surface area contributed by atoms with Gasteiger partial charge in [0.25, 0.3) is 0 Å². The quantitative estimate of drug-likeness (QED) is 0.659. The zero-order valence-electron chi connectivity index (χ0n) is 13.0. The van der Waals surface area contributed by atoms with E-state index < -0.39 is 0 Å². The van der Waals surface area contributed by atoms with Crippen LogP contribution in [0, 0.1) is 20.8 Å². The molecular formula is C19H21BN3. The Balaban J connectivity index is 0.00000132. The first-order chi connectivity index (χ1) is 10.1. The second kappa shape index (κ2) is 7.68. The van der Waals surface area contributed by atoms with E-state index in [-0.39, 0.29) is 15.8 Å². The lowest BCUT2D eigenvalue weighted by atomic mass is 10.1. The van der Waals surface area contributed by atoms with Crippen LogP contribution in [0.2, 0.25) is 0 Å². The summed E-state index contributed by atoms with van der Waals surface area (Å²) in [6.07, 6.45) is 3.64. The van der Waals surface area contributed by atoms with Crippen LogP contribution < -0.4 is 0 Å². The van der Waals surface area contributed by atoms with Crippen LogP contribution in [0.25, 0.3) is 22.8 Å². The molecule has 3 rings (SSSR count). The van der Waals surface area contributed by atoms with Crippen molar-refractivity contribution < 1.29 is 0 Å². The highest BCUT2D eigenvalue weighted by Gasteiger charge is 2.07. The van der Waals surface area contributed by atoms with Crippen molar-refractivity contribution in [2.45, 2.75) is 28.2 Å². The third-order valence-corrected chi connectivity index (χ3v) is 3.33. The molecule has 0 aliphatic carbocycles. The van der Waals surface area contributed by atoms with Gasteiger partial charge in [-0.05, 0) is 73.9 Å². The van der Waals surface area contributed by atoms with Crippen LogP contribution in [0.15, 0.2) is 48.8 Å². The Morgan fingerprint density at radius 2 is 1.00 bits per heavy atom. The first kappa shape index (κ1) is 18.6. The predicted molar refractivity (Wildman–Crippen MR) is 97.4 cm³/mol. The molecule has 0 N–H and O–H groups in total. The first-order valence-corrected chi connectivity index (χ1v) is 6.96. The van der Waals surface area contributed by atoms with Gasteiger partial charge in [-0.1, -0.05) is 7.43 Å². The van der Waals surface area contributed by atoms with Gasteiger partial charge >= 0.3 is 0 Å². The number of hydrogen-bond acceptors (Lipinski definition) is 3. The molecule has 4 heteroatoms. The summed E-state index contributed by atoms with van der Waals surface area (Å²) in [5, 5.41) is 0. The van der Waals surface area contributed by atoms with Gasteiger partial charge in [-0.2, -0.15) is 0 Å². The van der Waals surface area contributed by atoms with E-state index in [0.29, 0.717) is 0 Å². The fourth-order valence-electron chi connectivity index (χ4n) is 2.28. The van der Waals surface area contributed by atoms with E-state index in [1.807, 2.05) is 24.5 Å². The zero-order valence-corrected chi connectivity index (χ0v) is 13.0. The summed E-state index contributed by atoms with van der Waals surface area (Å²) in [5.74, 6) is 0. The first-order valence-electron chi connectivity index (χ1n) is 6.96. The van der Waals surface area contributed by atoms with Crippen LogP contribution in [-0.2, 0) is 0 Å². The number of aryl methyl sites for hydroxylation is 3. The van der Waals surface area contributed by atoms with Crippen molar-refractivity contribution in [3.8, 4) is 22.8 Å². The number of hydrogen-bond donors (Lipinski definition) is 0. The average Bonchev–Trinajstić information content (AvgIpc) is 2.46. The van der Waals surface area contributed by atoms with Crippen molar-refractivity contribution in [1.82, 2.24) is 15.0 Å². The van der Waals surface area contributed by atoms with Gasteiger partial charge in [0.1, 0.15) is 0 Å². The van der Waals surface area contributed by atoms with Gasteiger partial charge < -0.3 is 0 Å². The van der Waals surface area contributed by atoms with Crippen molar-refractivity contribution in [2.75, 3.05) is 0 Å². The van der Waals surface area contributed by atoms with Gasteiger partial charge in [0.15, 0.2) is 0 Å². The highest BCUT2D eigenvalue weighted by atomic mass is 14.8. The van der Waals surface area contributed by atoms with Gasteiger partial charge in [0.05, 0.1) is 22.8 Å². The minimum Gasteiger partial charge on any atom is -0.255 e. The second-order valence-corrected chi connectivity index (χ2v) is 5.35. The number of aromatic nitrogens is 3. The molecule has 0 saturated heterocycles. The van der Waals surface area contributed by atoms with Crippen LogP contribution >= 0.6 is 0 Å². The summed E-state index contributed by atoms with van der Waals surface area (Å²) in [6, 6.07) is 12.2. The molecule has 0 atom stereocenters. The van der Waals surface area contributed by atoms with Crippen LogP contribution in [-0.4, -0.2) is 23.4 Å². The van der Waals surface area contributed by atoms with Crippen molar-refractivity contribution in [1.29, 1.82) is 0 Å². The third-order valence-electron chi connectivity index (χ3n) is 3.33. The molecule has 3 heterocycles. The monoisotopic (exact) mass is 302 g/mol. The molecule has 0 aliphatic rings. The molecule has 0 spiro atoms. The molecule has 0 aromatic carbocycles. The van der Waals surface area contributed by atoms with Crippen molar-refractivity contribution in [3.05, 3.63) is 65.5 Å². The fraction of sp³-hybridized carbons (Fsp3) is 0.211. The van der Waals surface area contributed by atoms with Crippen LogP contribution in [0.4, 0.5) is 0 Å². The molecule has 3 radical (unpaired) electrons. The van der Waals surface area contributed by atoms with Crippen LogP contribution in [0.3, 0.4) is 0 Å². The van der Waals surface area contributed by atoms with Crippen molar-refractivity contribution in [3.63, 3.8) is 0 Å². The summed E-state index contributed by atoms with van der Waals surface area (Å²) < 4.78 is 0. The predicted octanol–water partition coefficient (Wildman–Crippen LogP) is 4.39. The number of nitrogens with zero attached hydrogens (tertiary/aromatic N) is 3. The summed E-state index contributed by atoms with van der Waals surface area (Å²) in [5.41, 5.74) is 7.08. The number of rotatable bonds is 2. The van der Waals surface area contributed by atoms with Crippen LogP contribution in [0.5, 0.6) is 0 Å². The summed E-state index contributed by atoms with van der Waals surface area (Å²) in [4.78, 5) is 13.6. The van der Waals surface area contributed by atoms with Gasteiger partial charge in [-0.25, -0.2) is 4.98 Å². The Hall–Kier alpha value is -2.49. The molecule has 0 aliphatic heterocycles. The minimum absolute atomic E-state index is 0. The molecule has 0 unspecified atom stereocenters. The average molecular weight is 302 g/mol. The molecule has 0 bridgehead atoms. The van der Waals surface area contributed by atoms with E-state index in [1.54, 1.807) is 0 Å². The number of pyridine rings is 3. The largest absolute Gasteiger partial charge is 0.255 e. The molecular weight excluding hydrogens is 281 g/mol. The topological polar surface area (TPSA) is 38.7 Å². The van der Waals surface area contributed by atoms with Gasteiger partial charge in [0.2, 0.25) is 0 Å². The molecule has 115 valence electrons. The summed E-state index contributed by atoms with van der Waals surface area (Å²) in [6.45, 7) is 6.19. The fourth-order valence-corrected chi connectivity index (χ4v) is 2.28. The third kappa shape index (κ3) is 4.25. The molecule has 3 aromatic heterocycles. The lowest BCUT2D eigenvalue weighted by molar-refractivity contribution is 1.19. The Bertz CT molecular complexity index is 736. The van der Waals surface area contributed by atoms with E-state index in [0.717, 1.165) is 28.3 Å². The van der Waals surface area contributed by atoms with Gasteiger partial charge in [-0.3, -0.25) is 9.97 Å². The van der Waals surface area contributed by atoms with Crippen LogP contribution in [0.1, 0.15) is 24.1 Å². The minimum atomic E-state index is 0.